The summed E-state index contributed by atoms with van der Waals surface area (Å²) in [6.45, 7) is 4.75. The predicted octanol–water partition coefficient (Wildman–Crippen LogP) is -26.9. The molecule has 0 N–H and O–H groups in total. The molecule has 0 atom stereocenters. The Morgan fingerprint density at radius 3 is 0.455 bits per heavy atom. The number of halogens is 4. The monoisotopic (exact) mass is 958 g/mol. The summed E-state index contributed by atoms with van der Waals surface area (Å²) in [6, 6.07) is 0. The van der Waals surface area contributed by atoms with Crippen LogP contribution < -0.4 is 387 Å². The Labute approximate surface area is 382 Å². The molecule has 0 unspecified atom stereocenters. The molecule has 11 heavy (non-hydrogen) atoms. The zero-order chi connectivity index (χ0) is 2.00. The predicted molar refractivity (Wildman–Crippen MR) is 4.97 cm³/mol. The molecule has 0 saturated carbocycles. The standard InChI is InChI=1S/CN.4HI.5Rb/c1-2;;;;;;;;;/h;4*1H;;;;;/q-1;;;;;5*+1/p-4. The van der Waals surface area contributed by atoms with Gasteiger partial charge in [-0.3, -0.25) is 0 Å². The molecular formula is CI4NRb5. The van der Waals surface area contributed by atoms with Crippen LogP contribution in [-0.4, -0.2) is 0 Å². The van der Waals surface area contributed by atoms with E-state index in [4.69, 9.17) is 11.8 Å². The molecule has 10 heteroatoms. The number of rotatable bonds is 0. The van der Waals surface area contributed by atoms with Gasteiger partial charge in [-0.05, 0) is 0 Å². The topological polar surface area (TPSA) is 23.8 Å². The molecular weight excluding hydrogens is 961 g/mol. The Balaban J connectivity index is -0.000000000139. The number of hydrogen-bond acceptors (Lipinski definition) is 1. The first-order valence-electron chi connectivity index (χ1n) is 0.224. The van der Waals surface area contributed by atoms with Crippen LogP contribution in [0.5, 0.6) is 0 Å². The van der Waals surface area contributed by atoms with Gasteiger partial charge in [-0.15, -0.1) is 0 Å². The van der Waals surface area contributed by atoms with Gasteiger partial charge in [-0.25, -0.2) is 0 Å². The largest absolute Gasteiger partial charge is 1.00 e. The molecule has 0 aliphatic carbocycles. The molecule has 0 saturated heterocycles. The maximum absolute atomic E-state index is 6.25. The van der Waals surface area contributed by atoms with Crippen molar-refractivity contribution in [3.05, 3.63) is 6.57 Å². The molecule has 0 bridgehead atoms. The zero-order valence-electron chi connectivity index (χ0n) is 7.46. The Morgan fingerprint density at radius 2 is 0.455 bits per heavy atom. The second-order valence-corrected chi connectivity index (χ2v) is 0. The average Bonchev–Trinajstić information content (AvgIpc) is 1.00. The van der Waals surface area contributed by atoms with Gasteiger partial charge >= 0.3 is 291 Å². The maximum Gasteiger partial charge on any atom is 1.00 e. The van der Waals surface area contributed by atoms with Crippen molar-refractivity contribution in [2.24, 2.45) is 0 Å². The van der Waals surface area contributed by atoms with E-state index in [-0.39, 0.29) is 387 Å². The summed E-state index contributed by atoms with van der Waals surface area (Å²) in [7, 11) is 0. The summed E-state index contributed by atoms with van der Waals surface area (Å²) in [5, 5.41) is 6.25. The van der Waals surface area contributed by atoms with Gasteiger partial charge in [-0.1, -0.05) is 0 Å². The van der Waals surface area contributed by atoms with Crippen molar-refractivity contribution in [3.8, 4) is 0 Å². The van der Waals surface area contributed by atoms with E-state index in [1.165, 1.54) is 0 Å². The van der Waals surface area contributed by atoms with E-state index in [0.717, 1.165) is 0 Å². The molecule has 0 radical (unpaired) electrons. The third-order valence-electron chi connectivity index (χ3n) is 0. The first kappa shape index (κ1) is 66.7. The van der Waals surface area contributed by atoms with Crippen molar-refractivity contribution in [2.75, 3.05) is 0 Å². The molecule has 1 nitrogen and oxygen atoms in total. The molecule has 0 aliphatic rings. The minimum Gasteiger partial charge on any atom is -1.00 e. The number of hydrogen-bond donors (Lipinski definition) is 0. The van der Waals surface area contributed by atoms with E-state index >= 15 is 0 Å². The van der Waals surface area contributed by atoms with Crippen LogP contribution in [0.25, 0.3) is 0 Å². The average molecular weight is 961 g/mol. The smallest absolute Gasteiger partial charge is 1.00 e. The van der Waals surface area contributed by atoms with Crippen LogP contribution in [-0.2, 0) is 0 Å². The molecule has 0 spiro atoms. The van der Waals surface area contributed by atoms with Gasteiger partial charge in [-0.2, -0.15) is 0 Å². The maximum atomic E-state index is 6.25. The van der Waals surface area contributed by atoms with Crippen LogP contribution in [0.2, 0.25) is 0 Å². The van der Waals surface area contributed by atoms with Gasteiger partial charge in [0.2, 0.25) is 0 Å². The van der Waals surface area contributed by atoms with Crippen molar-refractivity contribution in [1.29, 1.82) is 5.26 Å². The van der Waals surface area contributed by atoms with Crippen molar-refractivity contribution >= 4 is 0 Å². The summed E-state index contributed by atoms with van der Waals surface area (Å²) in [4.78, 5) is 0. The minimum absolute atomic E-state index is 0. The minimum atomic E-state index is 0. The molecule has 0 aromatic carbocycles. The van der Waals surface area contributed by atoms with Crippen LogP contribution in [0.1, 0.15) is 0 Å². The third-order valence-corrected chi connectivity index (χ3v) is 0. The Bertz CT molecular complexity index is 23.2. The van der Waals surface area contributed by atoms with Crippen molar-refractivity contribution in [1.82, 2.24) is 0 Å². The summed E-state index contributed by atoms with van der Waals surface area (Å²) in [5.74, 6) is 0. The van der Waals surface area contributed by atoms with Crippen molar-refractivity contribution in [2.45, 2.75) is 0 Å². The fourth-order valence-corrected chi connectivity index (χ4v) is 0. The first-order chi connectivity index (χ1) is 1.00. The van der Waals surface area contributed by atoms with Gasteiger partial charge in [0.05, 0.1) is 0 Å². The summed E-state index contributed by atoms with van der Waals surface area (Å²) >= 11 is 0. The van der Waals surface area contributed by atoms with Crippen LogP contribution in [0.3, 0.4) is 0 Å². The van der Waals surface area contributed by atoms with Crippen LogP contribution in [0.4, 0.5) is 0 Å². The molecule has 0 aromatic rings. The normalized spacial score (nSPS) is 0.182. The molecule has 0 aromatic heterocycles. The molecule has 0 rings (SSSR count). The van der Waals surface area contributed by atoms with Gasteiger partial charge in [0.1, 0.15) is 0 Å². The summed E-state index contributed by atoms with van der Waals surface area (Å²) in [5.41, 5.74) is 0. The van der Waals surface area contributed by atoms with E-state index in [2.05, 4.69) is 0 Å². The SMILES string of the molecule is [C-]#N.[I-].[I-].[I-].[I-].[Rb+].[Rb+].[Rb+].[Rb+].[Rb+]. The van der Waals surface area contributed by atoms with E-state index in [1.54, 1.807) is 0 Å². The Hall–Kier alpha value is 11.4. The zero-order valence-corrected chi connectivity index (χ0v) is 40.7. The molecule has 0 aliphatic heterocycles. The third kappa shape index (κ3) is 61.9. The van der Waals surface area contributed by atoms with Crippen LogP contribution >= 0.6 is 0 Å². The second kappa shape index (κ2) is 68.5. The quantitative estimate of drug-likeness (QED) is 0.175. The fourth-order valence-electron chi connectivity index (χ4n) is 0. The number of nitrogens with zero attached hydrogens (tertiary/aromatic N) is 1. The first-order valence-corrected chi connectivity index (χ1v) is 0.224. The van der Waals surface area contributed by atoms with Gasteiger partial charge in [0.25, 0.3) is 0 Å². The van der Waals surface area contributed by atoms with E-state index in [9.17, 15) is 0 Å². The van der Waals surface area contributed by atoms with Crippen molar-refractivity contribution in [3.63, 3.8) is 0 Å². The van der Waals surface area contributed by atoms with E-state index in [1.807, 2.05) is 0 Å². The molecule has 0 heterocycles. The van der Waals surface area contributed by atoms with E-state index in [0.29, 0.717) is 0 Å². The fraction of sp³-hybridized carbons (Fsp3) is 0. The van der Waals surface area contributed by atoms with Gasteiger partial charge in [0.15, 0.2) is 0 Å². The Kier molecular flexibility index (Phi) is 415. The van der Waals surface area contributed by atoms with E-state index < -0.39 is 0 Å². The van der Waals surface area contributed by atoms with Gasteiger partial charge in [0, 0.05) is 0 Å². The van der Waals surface area contributed by atoms with Crippen LogP contribution in [0.15, 0.2) is 0 Å². The molecule has 42 valence electrons. The van der Waals surface area contributed by atoms with Gasteiger partial charge < -0.3 is 108 Å². The van der Waals surface area contributed by atoms with Crippen molar-refractivity contribution < 1.29 is 387 Å². The second-order valence-electron chi connectivity index (χ2n) is 0. The molecule has 0 fully saturated rings. The molecule has 0 amide bonds. The van der Waals surface area contributed by atoms with Crippen LogP contribution in [0, 0.1) is 11.8 Å². The summed E-state index contributed by atoms with van der Waals surface area (Å²) in [6.07, 6.45) is 0. The Morgan fingerprint density at radius 1 is 0.455 bits per heavy atom. The summed E-state index contributed by atoms with van der Waals surface area (Å²) < 4.78 is 0.